The van der Waals surface area contributed by atoms with Gasteiger partial charge in [-0.05, 0) is 60.7 Å². The number of halogens is 2. The van der Waals surface area contributed by atoms with E-state index in [9.17, 15) is 9.18 Å². The van der Waals surface area contributed by atoms with E-state index in [1.165, 1.54) is 12.1 Å². The Morgan fingerprint density at radius 2 is 2.00 bits per heavy atom. The third-order valence-corrected chi connectivity index (χ3v) is 6.10. The van der Waals surface area contributed by atoms with Crippen molar-refractivity contribution >= 4 is 45.5 Å². The molecule has 2 heterocycles. The Morgan fingerprint density at radius 3 is 2.77 bits per heavy atom. The number of nitrogens with two attached hydrogens (primary N) is 1. The second-order valence-electron chi connectivity index (χ2n) is 8.25. The van der Waals surface area contributed by atoms with Crippen LogP contribution in [-0.4, -0.2) is 24.0 Å². The van der Waals surface area contributed by atoms with E-state index in [4.69, 9.17) is 17.3 Å². The number of nitrogen functional groups attached to an aromatic ring is 1. The Kier molecular flexibility index (Phi) is 5.52. The van der Waals surface area contributed by atoms with Crippen LogP contribution in [0.2, 0.25) is 5.02 Å². The third-order valence-electron chi connectivity index (χ3n) is 5.87. The zero-order chi connectivity index (χ0) is 21.3. The predicted molar refractivity (Wildman–Crippen MR) is 120 cm³/mol. The highest BCUT2D eigenvalue weighted by Crippen LogP contribution is 2.38. The van der Waals surface area contributed by atoms with Crippen molar-refractivity contribution in [3.05, 3.63) is 59.5 Å². The fourth-order valence-corrected chi connectivity index (χ4v) is 4.23. The van der Waals surface area contributed by atoms with Gasteiger partial charge in [0.05, 0.1) is 16.9 Å². The van der Waals surface area contributed by atoms with E-state index in [1.807, 2.05) is 6.07 Å². The molecule has 0 spiro atoms. The second-order valence-corrected chi connectivity index (χ2v) is 8.68. The molecule has 1 fully saturated rings. The average molecular weight is 427 g/mol. The van der Waals surface area contributed by atoms with Crippen molar-refractivity contribution in [2.45, 2.75) is 26.2 Å². The van der Waals surface area contributed by atoms with Crippen LogP contribution in [0.5, 0.6) is 0 Å². The summed E-state index contributed by atoms with van der Waals surface area (Å²) in [5.41, 5.74) is 8.60. The zero-order valence-electron chi connectivity index (χ0n) is 16.8. The molecule has 1 aliphatic rings. The van der Waals surface area contributed by atoms with Crippen LogP contribution in [0.15, 0.2) is 48.7 Å². The molecule has 1 aromatic heterocycles. The molecule has 0 unspecified atom stereocenters. The number of hydrogen-bond donors (Lipinski definition) is 2. The summed E-state index contributed by atoms with van der Waals surface area (Å²) < 4.78 is 13.8. The van der Waals surface area contributed by atoms with Crippen LogP contribution in [0.25, 0.3) is 10.9 Å². The van der Waals surface area contributed by atoms with Crippen LogP contribution in [0.1, 0.15) is 26.2 Å². The summed E-state index contributed by atoms with van der Waals surface area (Å²) >= 11 is 6.00. The van der Waals surface area contributed by atoms with Gasteiger partial charge in [0, 0.05) is 41.8 Å². The zero-order valence-corrected chi connectivity index (χ0v) is 17.5. The number of carbonyl (C=O) groups excluding carboxylic acids is 1. The lowest BCUT2D eigenvalue weighted by Gasteiger charge is -2.40. The summed E-state index contributed by atoms with van der Waals surface area (Å²) in [5, 5.41) is 4.23. The van der Waals surface area contributed by atoms with Gasteiger partial charge >= 0.3 is 0 Å². The van der Waals surface area contributed by atoms with Crippen molar-refractivity contribution in [2.75, 3.05) is 29.0 Å². The van der Waals surface area contributed by atoms with Gasteiger partial charge in [-0.1, -0.05) is 18.5 Å². The second kappa shape index (κ2) is 8.11. The normalized spacial score (nSPS) is 15.9. The summed E-state index contributed by atoms with van der Waals surface area (Å²) in [6, 6.07) is 11.6. The monoisotopic (exact) mass is 426 g/mol. The maximum Gasteiger partial charge on any atom is 0.224 e. The molecule has 0 saturated carbocycles. The average Bonchev–Trinajstić information content (AvgIpc) is 2.70. The van der Waals surface area contributed by atoms with E-state index < -0.39 is 0 Å². The molecule has 0 bridgehead atoms. The lowest BCUT2D eigenvalue weighted by atomic mass is 9.77. The van der Waals surface area contributed by atoms with Gasteiger partial charge in [0.1, 0.15) is 5.82 Å². The molecule has 1 saturated heterocycles. The molecule has 3 aromatic rings. The highest BCUT2D eigenvalue weighted by Gasteiger charge is 2.33. The molecule has 5 nitrogen and oxygen atoms in total. The molecule has 7 heteroatoms. The molecule has 0 radical (unpaired) electrons. The minimum absolute atomic E-state index is 0.0728. The topological polar surface area (TPSA) is 71.2 Å². The van der Waals surface area contributed by atoms with Gasteiger partial charge in [0.15, 0.2) is 0 Å². The number of piperidine rings is 1. The first-order chi connectivity index (χ1) is 14.3. The molecule has 3 N–H and O–H groups in total. The van der Waals surface area contributed by atoms with Crippen LogP contribution in [-0.2, 0) is 4.79 Å². The van der Waals surface area contributed by atoms with Crippen molar-refractivity contribution < 1.29 is 9.18 Å². The van der Waals surface area contributed by atoms with E-state index >= 15 is 0 Å². The summed E-state index contributed by atoms with van der Waals surface area (Å²) in [5.74, 6) is -0.341. The fourth-order valence-electron chi connectivity index (χ4n) is 4.06. The summed E-state index contributed by atoms with van der Waals surface area (Å²) in [7, 11) is 0. The Labute approximate surface area is 180 Å². The fraction of sp³-hybridized carbons (Fsp3) is 0.304. The van der Waals surface area contributed by atoms with Crippen LogP contribution in [0.3, 0.4) is 0 Å². The van der Waals surface area contributed by atoms with E-state index in [2.05, 4.69) is 22.1 Å². The van der Waals surface area contributed by atoms with Gasteiger partial charge in [-0.25, -0.2) is 4.39 Å². The Balaban J connectivity index is 1.43. The quantitative estimate of drug-likeness (QED) is 0.559. The van der Waals surface area contributed by atoms with Crippen LogP contribution in [0.4, 0.5) is 21.5 Å². The van der Waals surface area contributed by atoms with Gasteiger partial charge in [-0.15, -0.1) is 0 Å². The SMILES string of the molecule is CC1(CC(=O)Nc2cc(Cl)ccc2N)CCN(c2ccnc3ccc(F)cc23)CC1. The first-order valence-corrected chi connectivity index (χ1v) is 10.3. The number of anilines is 3. The van der Waals surface area contributed by atoms with Crippen molar-refractivity contribution in [1.29, 1.82) is 0 Å². The number of nitrogens with zero attached hydrogens (tertiary/aromatic N) is 2. The molecule has 4 rings (SSSR count). The lowest BCUT2D eigenvalue weighted by molar-refractivity contribution is -0.118. The van der Waals surface area contributed by atoms with Crippen LogP contribution in [0, 0.1) is 11.2 Å². The summed E-state index contributed by atoms with van der Waals surface area (Å²) in [4.78, 5) is 19.2. The number of pyridine rings is 1. The molecule has 0 aliphatic carbocycles. The van der Waals surface area contributed by atoms with E-state index in [-0.39, 0.29) is 17.1 Å². The van der Waals surface area contributed by atoms with Crippen molar-refractivity contribution in [1.82, 2.24) is 4.98 Å². The third kappa shape index (κ3) is 4.33. The minimum atomic E-state index is -0.268. The molecule has 2 aromatic carbocycles. The predicted octanol–water partition coefficient (Wildman–Crippen LogP) is 5.24. The maximum absolute atomic E-state index is 13.8. The number of hydrogen-bond acceptors (Lipinski definition) is 4. The number of carbonyl (C=O) groups is 1. The first-order valence-electron chi connectivity index (χ1n) is 9.97. The van der Waals surface area contributed by atoms with Gasteiger partial charge in [0.2, 0.25) is 5.91 Å². The Morgan fingerprint density at radius 1 is 1.23 bits per heavy atom. The highest BCUT2D eigenvalue weighted by atomic mass is 35.5. The maximum atomic E-state index is 13.8. The first kappa shape index (κ1) is 20.4. The molecule has 156 valence electrons. The van der Waals surface area contributed by atoms with Crippen LogP contribution < -0.4 is 16.0 Å². The van der Waals surface area contributed by atoms with Gasteiger partial charge < -0.3 is 16.0 Å². The Bertz CT molecular complexity index is 1100. The van der Waals surface area contributed by atoms with E-state index in [0.29, 0.717) is 22.8 Å². The number of aromatic nitrogens is 1. The lowest BCUT2D eigenvalue weighted by Crippen LogP contribution is -2.40. The summed E-state index contributed by atoms with van der Waals surface area (Å²) in [6.45, 7) is 3.72. The molecule has 1 aliphatic heterocycles. The summed E-state index contributed by atoms with van der Waals surface area (Å²) in [6.07, 6.45) is 3.86. The number of benzene rings is 2. The number of amides is 1. The molecule has 30 heavy (non-hydrogen) atoms. The minimum Gasteiger partial charge on any atom is -0.397 e. The number of nitrogens with one attached hydrogen (secondary N) is 1. The van der Waals surface area contributed by atoms with Crippen molar-refractivity contribution in [3.63, 3.8) is 0 Å². The standard InChI is InChI=1S/C23H24ClFN4O/c1-23(14-22(30)28-20-12-15(24)2-4-18(20)26)7-10-29(11-8-23)21-6-9-27-19-5-3-16(25)13-17(19)21/h2-6,9,12-13H,7-8,10-11,14,26H2,1H3,(H,28,30). The molecular formula is C23H24ClFN4O. The number of fused-ring (bicyclic) bond motifs is 1. The van der Waals surface area contributed by atoms with Gasteiger partial charge in [-0.2, -0.15) is 0 Å². The largest absolute Gasteiger partial charge is 0.397 e. The van der Waals surface area contributed by atoms with Crippen LogP contribution >= 0.6 is 11.6 Å². The van der Waals surface area contributed by atoms with Crippen molar-refractivity contribution in [3.8, 4) is 0 Å². The van der Waals surface area contributed by atoms with E-state index in [1.54, 1.807) is 30.5 Å². The van der Waals surface area contributed by atoms with Crippen molar-refractivity contribution in [2.24, 2.45) is 5.41 Å². The highest BCUT2D eigenvalue weighted by molar-refractivity contribution is 6.31. The van der Waals surface area contributed by atoms with Gasteiger partial charge in [-0.3, -0.25) is 9.78 Å². The molecule has 1 amide bonds. The van der Waals surface area contributed by atoms with E-state index in [0.717, 1.165) is 42.5 Å². The van der Waals surface area contributed by atoms with Gasteiger partial charge in [0.25, 0.3) is 0 Å². The number of rotatable bonds is 4. The Hall–Kier alpha value is -2.86. The molecular weight excluding hydrogens is 403 g/mol. The smallest absolute Gasteiger partial charge is 0.224 e. The molecule has 0 atom stereocenters.